The van der Waals surface area contributed by atoms with Gasteiger partial charge in [-0.25, -0.2) is 0 Å². The summed E-state index contributed by atoms with van der Waals surface area (Å²) in [6, 6.07) is 0. The van der Waals surface area contributed by atoms with Crippen LogP contribution >= 0.6 is 24.8 Å². The van der Waals surface area contributed by atoms with Gasteiger partial charge in [-0.15, -0.1) is 24.8 Å². The number of hydrogen-bond acceptors (Lipinski definition) is 0. The molecule has 0 atom stereocenters. The molecule has 0 N–H and O–H groups in total. The molecule has 0 aromatic heterocycles. The first-order valence-electron chi connectivity index (χ1n) is 0. The molecule has 0 aromatic carbocycles. The molecule has 0 rings (SSSR count). The van der Waals surface area contributed by atoms with Gasteiger partial charge in [0.25, 0.3) is 0 Å². The fourth-order valence-electron chi connectivity index (χ4n) is 0. The first kappa shape index (κ1) is 399. The summed E-state index contributed by atoms with van der Waals surface area (Å²) in [5, 5.41) is 0. The van der Waals surface area contributed by atoms with Crippen molar-refractivity contribution in [3.63, 3.8) is 0 Å². The molecular weight excluding hydrogens is 331 g/mol. The van der Waals surface area contributed by atoms with Crippen LogP contribution < -0.4 is 0 Å². The third-order valence-corrected chi connectivity index (χ3v) is 0. The van der Waals surface area contributed by atoms with E-state index in [2.05, 4.69) is 0 Å². The zero-order chi connectivity index (χ0) is 0. The molecule has 0 fully saturated rings. The Kier molecular flexibility index (Phi) is 14600. The Balaban J connectivity index is 0. The van der Waals surface area contributed by atoms with Gasteiger partial charge in [-0.2, -0.15) is 0 Å². The van der Waals surface area contributed by atoms with E-state index < -0.39 is 0 Å². The van der Waals surface area contributed by atoms with E-state index in [4.69, 9.17) is 0 Å². The summed E-state index contributed by atoms with van der Waals surface area (Å²) < 4.78 is 0. The first-order chi connectivity index (χ1) is 0. The van der Waals surface area contributed by atoms with Crippen LogP contribution in [0.3, 0.4) is 0 Å². The number of hydrogen-bond donors (Lipinski definition) is 0. The van der Waals surface area contributed by atoms with Gasteiger partial charge in [0.2, 0.25) is 0 Å². The van der Waals surface area contributed by atoms with Crippen LogP contribution in [0.25, 0.3) is 0 Å². The van der Waals surface area contributed by atoms with E-state index in [1.54, 1.807) is 0 Å². The van der Waals surface area contributed by atoms with Crippen molar-refractivity contribution in [1.29, 1.82) is 0 Å². The summed E-state index contributed by atoms with van der Waals surface area (Å²) in [6.07, 6.45) is 0. The van der Waals surface area contributed by atoms with Crippen molar-refractivity contribution in [3.05, 3.63) is 0 Å². The van der Waals surface area contributed by atoms with Crippen LogP contribution in [0.4, 0.5) is 18.8 Å². The fraction of sp³-hybridized carbons (Fsp3) is 0. The second-order valence-electron chi connectivity index (χ2n) is 0. The maximum atomic E-state index is 0. The smallest absolute Gasteiger partial charge is 0 e. The van der Waals surface area contributed by atoms with Crippen molar-refractivity contribution in [1.82, 2.24) is 0 Å². The van der Waals surface area contributed by atoms with Gasteiger partial charge in [-0.3, -0.25) is 18.8 Å². The Labute approximate surface area is 65.0 Å². The summed E-state index contributed by atoms with van der Waals surface area (Å²) in [5.41, 5.74) is 0. The second kappa shape index (κ2) is 257. The van der Waals surface area contributed by atoms with Crippen LogP contribution in [-0.2, 0) is 21.1 Å². The number of rotatable bonds is 0. The summed E-state index contributed by atoms with van der Waals surface area (Å²) in [5.74, 6) is 0. The Bertz CT molecular complexity index is 9.65. The predicted octanol–water partition coefficient (Wildman–Crippen LogP) is 1.45. The molecule has 0 spiro atoms. The Morgan fingerprint density at radius 3 is 0.429 bits per heavy atom. The average Bonchev–Trinajstić information content (AvgIpc) is 0. The SMILES string of the molecule is Cl.Cl.F.F.F.F.[W]. The molecule has 0 aliphatic rings. The van der Waals surface area contributed by atoms with Crippen LogP contribution in [0.5, 0.6) is 0 Å². The number of halogens is 6. The molecule has 0 heterocycles. The van der Waals surface area contributed by atoms with Crippen molar-refractivity contribution in [3.8, 4) is 0 Å². The zero-order valence-corrected chi connectivity index (χ0v) is 7.42. The van der Waals surface area contributed by atoms with E-state index in [1.165, 1.54) is 0 Å². The molecule has 0 radical (unpaired) electrons. The molecule has 0 bridgehead atoms. The van der Waals surface area contributed by atoms with Gasteiger partial charge in [0.15, 0.2) is 0 Å². The molecule has 7 heavy (non-hydrogen) atoms. The van der Waals surface area contributed by atoms with Gasteiger partial charge in [-0.1, -0.05) is 0 Å². The van der Waals surface area contributed by atoms with E-state index in [0.29, 0.717) is 0 Å². The molecule has 0 amide bonds. The predicted molar refractivity (Wildman–Crippen MR) is 24.5 cm³/mol. The minimum absolute atomic E-state index is 0. The van der Waals surface area contributed by atoms with Crippen LogP contribution in [0.1, 0.15) is 0 Å². The van der Waals surface area contributed by atoms with Gasteiger partial charge in [0, 0.05) is 21.1 Å². The van der Waals surface area contributed by atoms with Gasteiger partial charge in [-0.05, 0) is 0 Å². The Morgan fingerprint density at radius 1 is 0.429 bits per heavy atom. The molecule has 0 nitrogen and oxygen atoms in total. The molecule has 54 valence electrons. The minimum atomic E-state index is 0. The van der Waals surface area contributed by atoms with Crippen molar-refractivity contribution in [2.24, 2.45) is 0 Å². The maximum absolute atomic E-state index is 0. The molecule has 0 unspecified atom stereocenters. The normalized spacial score (nSPS) is 0. The quantitative estimate of drug-likeness (QED) is 0.587. The summed E-state index contributed by atoms with van der Waals surface area (Å²) in [7, 11) is 0. The van der Waals surface area contributed by atoms with Gasteiger partial charge in [0.05, 0.1) is 0 Å². The molecule has 0 saturated carbocycles. The van der Waals surface area contributed by atoms with Crippen molar-refractivity contribution < 1.29 is 39.9 Å². The summed E-state index contributed by atoms with van der Waals surface area (Å²) >= 11 is 0. The largest absolute Gasteiger partial charge is 0.269 e. The Hall–Kier alpha value is 0.988. The molecule has 7 heteroatoms. The average molecular weight is 337 g/mol. The third kappa shape index (κ3) is 178. The minimum Gasteiger partial charge on any atom is -0.269 e. The summed E-state index contributed by atoms with van der Waals surface area (Å²) in [4.78, 5) is 0. The van der Waals surface area contributed by atoms with Crippen LogP contribution in [-0.4, -0.2) is 0 Å². The van der Waals surface area contributed by atoms with Crippen molar-refractivity contribution in [2.75, 3.05) is 0 Å². The van der Waals surface area contributed by atoms with E-state index in [9.17, 15) is 0 Å². The van der Waals surface area contributed by atoms with Crippen LogP contribution in [0.2, 0.25) is 0 Å². The maximum Gasteiger partial charge on any atom is 0 e. The molecule has 0 saturated heterocycles. The molecule has 0 aromatic rings. The fourth-order valence-corrected chi connectivity index (χ4v) is 0. The van der Waals surface area contributed by atoms with E-state index >= 15 is 0 Å². The topological polar surface area (TPSA) is 0 Å². The van der Waals surface area contributed by atoms with E-state index in [-0.39, 0.29) is 64.7 Å². The van der Waals surface area contributed by atoms with E-state index in [0.717, 1.165) is 0 Å². The standard InChI is InChI=1S/2ClH.4FH.W/h6*1H;. The van der Waals surface area contributed by atoms with Crippen molar-refractivity contribution >= 4 is 24.8 Å². The summed E-state index contributed by atoms with van der Waals surface area (Å²) in [6.45, 7) is 0. The van der Waals surface area contributed by atoms with Crippen molar-refractivity contribution in [2.45, 2.75) is 0 Å². The van der Waals surface area contributed by atoms with Crippen LogP contribution in [0, 0.1) is 0 Å². The van der Waals surface area contributed by atoms with Crippen LogP contribution in [0.15, 0.2) is 0 Å². The third-order valence-electron chi connectivity index (χ3n) is 0. The zero-order valence-electron chi connectivity index (χ0n) is 2.86. The monoisotopic (exact) mass is 336 g/mol. The van der Waals surface area contributed by atoms with E-state index in [1.807, 2.05) is 0 Å². The molecule has 0 aliphatic carbocycles. The first-order valence-corrected chi connectivity index (χ1v) is 0. The van der Waals surface area contributed by atoms with Gasteiger partial charge < -0.3 is 0 Å². The van der Waals surface area contributed by atoms with Gasteiger partial charge >= 0.3 is 0 Å². The molecular formula is H6Cl2F4W. The Morgan fingerprint density at radius 2 is 0.429 bits per heavy atom. The second-order valence-corrected chi connectivity index (χ2v) is 0. The van der Waals surface area contributed by atoms with Gasteiger partial charge in [0.1, 0.15) is 0 Å². The molecule has 0 aliphatic heterocycles.